The SMILES string of the molecule is CCOc1ccccc1N(CC(=O)N(Cc1ccccc1)[C@H](C)C(=O)NCC(C)C)S(=O)(=O)c1ccc(Cl)cc1. The number of sulfonamides is 1. The Morgan fingerprint density at radius 1 is 0.925 bits per heavy atom. The van der Waals surface area contributed by atoms with Crippen LogP contribution in [0.3, 0.4) is 0 Å². The zero-order valence-corrected chi connectivity index (χ0v) is 24.8. The van der Waals surface area contributed by atoms with Crippen LogP contribution in [0.2, 0.25) is 5.02 Å². The lowest BCUT2D eigenvalue weighted by Crippen LogP contribution is -2.51. The molecule has 0 saturated heterocycles. The number of nitrogens with zero attached hydrogens (tertiary/aromatic N) is 2. The Balaban J connectivity index is 2.05. The van der Waals surface area contributed by atoms with Gasteiger partial charge in [-0.15, -0.1) is 0 Å². The number of amides is 2. The lowest BCUT2D eigenvalue weighted by atomic mass is 10.1. The highest BCUT2D eigenvalue weighted by atomic mass is 35.5. The molecule has 0 unspecified atom stereocenters. The van der Waals surface area contributed by atoms with Gasteiger partial charge in [-0.1, -0.05) is 67.9 Å². The Labute approximate surface area is 241 Å². The van der Waals surface area contributed by atoms with Crippen LogP contribution in [0.1, 0.15) is 33.3 Å². The Kier molecular flexibility index (Phi) is 11.0. The number of halogens is 1. The predicted octanol–water partition coefficient (Wildman–Crippen LogP) is 5.12. The van der Waals surface area contributed by atoms with Crippen molar-refractivity contribution in [1.29, 1.82) is 0 Å². The summed E-state index contributed by atoms with van der Waals surface area (Å²) < 4.78 is 34.7. The molecule has 0 aliphatic rings. The van der Waals surface area contributed by atoms with Gasteiger partial charge in [-0.25, -0.2) is 8.42 Å². The van der Waals surface area contributed by atoms with Gasteiger partial charge in [0.05, 0.1) is 17.2 Å². The van der Waals surface area contributed by atoms with Gasteiger partial charge in [-0.2, -0.15) is 0 Å². The molecule has 214 valence electrons. The number of ether oxygens (including phenoxy) is 1. The van der Waals surface area contributed by atoms with Gasteiger partial charge in [0.2, 0.25) is 11.8 Å². The van der Waals surface area contributed by atoms with Gasteiger partial charge < -0.3 is 15.0 Å². The minimum absolute atomic E-state index is 0.0339. The summed E-state index contributed by atoms with van der Waals surface area (Å²) in [5.74, 6) is -0.322. The first-order chi connectivity index (χ1) is 19.0. The minimum atomic E-state index is -4.23. The van der Waals surface area contributed by atoms with Crippen molar-refractivity contribution in [2.45, 2.75) is 45.2 Å². The van der Waals surface area contributed by atoms with Gasteiger partial charge in [0.25, 0.3) is 10.0 Å². The van der Waals surface area contributed by atoms with E-state index in [1.807, 2.05) is 44.2 Å². The normalized spacial score (nSPS) is 12.1. The number of carbonyl (C=O) groups is 2. The van der Waals surface area contributed by atoms with Crippen LogP contribution >= 0.6 is 11.6 Å². The molecule has 1 N–H and O–H groups in total. The standard InChI is InChI=1S/C30H36ClN3O5S/c1-5-39-28-14-10-9-13-27(28)34(40(37,38)26-17-15-25(31)16-18-26)21-29(35)33(20-24-11-7-6-8-12-24)23(4)30(36)32-19-22(2)3/h6-18,22-23H,5,19-21H2,1-4H3,(H,32,36)/t23-/m1/s1. The van der Waals surface area contributed by atoms with E-state index in [0.29, 0.717) is 23.9 Å². The summed E-state index contributed by atoms with van der Waals surface area (Å²) in [5.41, 5.74) is 1.02. The van der Waals surface area contributed by atoms with E-state index >= 15 is 0 Å². The van der Waals surface area contributed by atoms with Gasteiger partial charge in [0, 0.05) is 18.1 Å². The van der Waals surface area contributed by atoms with Gasteiger partial charge in [-0.05, 0) is 61.7 Å². The number of benzene rings is 3. The molecule has 2 amide bonds. The summed E-state index contributed by atoms with van der Waals surface area (Å²) in [5, 5.41) is 3.26. The topological polar surface area (TPSA) is 96.0 Å². The van der Waals surface area contributed by atoms with Crippen molar-refractivity contribution >= 4 is 39.1 Å². The molecule has 3 aromatic rings. The second-order valence-electron chi connectivity index (χ2n) is 9.69. The van der Waals surface area contributed by atoms with Crippen molar-refractivity contribution in [1.82, 2.24) is 10.2 Å². The number of rotatable bonds is 13. The van der Waals surface area contributed by atoms with Crippen molar-refractivity contribution in [2.75, 3.05) is 24.0 Å². The fourth-order valence-corrected chi connectivity index (χ4v) is 5.55. The van der Waals surface area contributed by atoms with Gasteiger partial charge in [0.15, 0.2) is 0 Å². The maximum atomic E-state index is 14.0. The van der Waals surface area contributed by atoms with E-state index in [2.05, 4.69) is 5.32 Å². The number of hydrogen-bond donors (Lipinski definition) is 1. The number of nitrogens with one attached hydrogen (secondary N) is 1. The molecule has 0 radical (unpaired) electrons. The quantitative estimate of drug-likeness (QED) is 0.300. The number of carbonyl (C=O) groups excluding carboxylic acids is 2. The zero-order valence-electron chi connectivity index (χ0n) is 23.2. The Morgan fingerprint density at radius 2 is 1.55 bits per heavy atom. The molecule has 0 fully saturated rings. The number of para-hydroxylation sites is 2. The minimum Gasteiger partial charge on any atom is -0.492 e. The molecule has 0 bridgehead atoms. The zero-order chi connectivity index (χ0) is 29.3. The van der Waals surface area contributed by atoms with Crippen molar-refractivity contribution < 1.29 is 22.7 Å². The predicted molar refractivity (Wildman–Crippen MR) is 158 cm³/mol. The summed E-state index contributed by atoms with van der Waals surface area (Å²) in [7, 11) is -4.23. The molecular weight excluding hydrogens is 550 g/mol. The molecule has 40 heavy (non-hydrogen) atoms. The summed E-state index contributed by atoms with van der Waals surface area (Å²) in [4.78, 5) is 28.4. The first-order valence-electron chi connectivity index (χ1n) is 13.2. The van der Waals surface area contributed by atoms with Crippen LogP contribution in [0.5, 0.6) is 5.75 Å². The third-order valence-corrected chi connectivity index (χ3v) is 8.19. The molecular formula is C30H36ClN3O5S. The van der Waals surface area contributed by atoms with Crippen molar-refractivity contribution in [3.8, 4) is 5.75 Å². The maximum Gasteiger partial charge on any atom is 0.264 e. The van der Waals surface area contributed by atoms with E-state index in [0.717, 1.165) is 9.87 Å². The van der Waals surface area contributed by atoms with Crippen LogP contribution in [0.25, 0.3) is 0 Å². The van der Waals surface area contributed by atoms with E-state index in [9.17, 15) is 18.0 Å². The molecule has 10 heteroatoms. The molecule has 0 heterocycles. The number of hydrogen-bond acceptors (Lipinski definition) is 5. The average Bonchev–Trinajstić information content (AvgIpc) is 2.94. The van der Waals surface area contributed by atoms with Crippen LogP contribution < -0.4 is 14.4 Å². The van der Waals surface area contributed by atoms with Crippen molar-refractivity contribution in [3.63, 3.8) is 0 Å². The van der Waals surface area contributed by atoms with E-state index in [1.165, 1.54) is 29.2 Å². The summed E-state index contributed by atoms with van der Waals surface area (Å²) in [6, 6.07) is 20.8. The van der Waals surface area contributed by atoms with Gasteiger partial charge in [-0.3, -0.25) is 13.9 Å². The van der Waals surface area contributed by atoms with Crippen LogP contribution in [0, 0.1) is 5.92 Å². The molecule has 8 nitrogen and oxygen atoms in total. The molecule has 0 spiro atoms. The smallest absolute Gasteiger partial charge is 0.264 e. The molecule has 3 aromatic carbocycles. The van der Waals surface area contributed by atoms with Crippen LogP contribution in [-0.4, -0.2) is 50.9 Å². The second-order valence-corrected chi connectivity index (χ2v) is 12.0. The third kappa shape index (κ3) is 7.99. The van der Waals surface area contributed by atoms with Crippen LogP contribution in [-0.2, 0) is 26.2 Å². The van der Waals surface area contributed by atoms with E-state index in [1.54, 1.807) is 38.1 Å². The highest BCUT2D eigenvalue weighted by molar-refractivity contribution is 7.92. The molecule has 3 rings (SSSR count). The van der Waals surface area contributed by atoms with Gasteiger partial charge in [0.1, 0.15) is 18.3 Å². The Morgan fingerprint density at radius 3 is 2.17 bits per heavy atom. The van der Waals surface area contributed by atoms with Gasteiger partial charge >= 0.3 is 0 Å². The first-order valence-corrected chi connectivity index (χ1v) is 15.0. The number of anilines is 1. The monoisotopic (exact) mass is 585 g/mol. The fraction of sp³-hybridized carbons (Fsp3) is 0.333. The summed E-state index contributed by atoms with van der Waals surface area (Å²) in [6.07, 6.45) is 0. The Hall–Kier alpha value is -3.56. The molecule has 0 aromatic heterocycles. The maximum absolute atomic E-state index is 14.0. The van der Waals surface area contributed by atoms with Crippen LogP contribution in [0.15, 0.2) is 83.8 Å². The van der Waals surface area contributed by atoms with E-state index in [-0.39, 0.29) is 29.0 Å². The largest absolute Gasteiger partial charge is 0.492 e. The van der Waals surface area contributed by atoms with Crippen molar-refractivity contribution in [2.24, 2.45) is 5.92 Å². The Bertz CT molecular complexity index is 1380. The van der Waals surface area contributed by atoms with E-state index < -0.39 is 28.5 Å². The molecule has 0 saturated carbocycles. The first kappa shape index (κ1) is 31.0. The summed E-state index contributed by atoms with van der Waals surface area (Å²) >= 11 is 6.01. The molecule has 0 aliphatic heterocycles. The van der Waals surface area contributed by atoms with Crippen molar-refractivity contribution in [3.05, 3.63) is 89.4 Å². The average molecular weight is 586 g/mol. The third-order valence-electron chi connectivity index (χ3n) is 6.16. The van der Waals surface area contributed by atoms with E-state index in [4.69, 9.17) is 16.3 Å². The highest BCUT2D eigenvalue weighted by Crippen LogP contribution is 2.33. The second kappa shape index (κ2) is 14.2. The summed E-state index contributed by atoms with van der Waals surface area (Å²) in [6.45, 7) is 7.71. The van der Waals surface area contributed by atoms with Crippen LogP contribution in [0.4, 0.5) is 5.69 Å². The lowest BCUT2D eigenvalue weighted by Gasteiger charge is -2.32. The lowest BCUT2D eigenvalue weighted by molar-refractivity contribution is -0.139. The molecule has 0 aliphatic carbocycles. The fourth-order valence-electron chi connectivity index (χ4n) is 4.00. The highest BCUT2D eigenvalue weighted by Gasteiger charge is 2.33. The molecule has 1 atom stereocenters.